The number of sulfonamides is 1. The third kappa shape index (κ3) is 2.90. The van der Waals surface area contributed by atoms with Crippen LogP contribution in [0.1, 0.15) is 38.7 Å². The van der Waals surface area contributed by atoms with Gasteiger partial charge in [0.05, 0.1) is 4.90 Å². The van der Waals surface area contributed by atoms with Crippen LogP contribution in [0.2, 0.25) is 0 Å². The SMILES string of the molecule is CCC1CCC(C)N1S(=O)(=O)c1ccc(CCN)cc1. The summed E-state index contributed by atoms with van der Waals surface area (Å²) < 4.78 is 27.3. The molecule has 0 amide bonds. The Balaban J connectivity index is 2.29. The largest absolute Gasteiger partial charge is 0.330 e. The first kappa shape index (κ1) is 15.5. The van der Waals surface area contributed by atoms with Gasteiger partial charge in [0, 0.05) is 12.1 Å². The molecular formula is C15H24N2O2S. The molecule has 1 aliphatic heterocycles. The quantitative estimate of drug-likeness (QED) is 0.905. The van der Waals surface area contributed by atoms with Crippen LogP contribution in [0.3, 0.4) is 0 Å². The molecule has 1 aliphatic rings. The van der Waals surface area contributed by atoms with Crippen LogP contribution in [0.25, 0.3) is 0 Å². The van der Waals surface area contributed by atoms with Crippen molar-refractivity contribution >= 4 is 10.0 Å². The van der Waals surface area contributed by atoms with Gasteiger partial charge >= 0.3 is 0 Å². The molecule has 1 heterocycles. The van der Waals surface area contributed by atoms with Crippen LogP contribution < -0.4 is 5.73 Å². The smallest absolute Gasteiger partial charge is 0.243 e. The Morgan fingerprint density at radius 3 is 2.45 bits per heavy atom. The lowest BCUT2D eigenvalue weighted by Crippen LogP contribution is -2.39. The number of nitrogens with two attached hydrogens (primary N) is 1. The second kappa shape index (κ2) is 6.24. The number of hydrogen-bond donors (Lipinski definition) is 1. The lowest BCUT2D eigenvalue weighted by molar-refractivity contribution is 0.328. The Morgan fingerprint density at radius 1 is 1.25 bits per heavy atom. The first-order chi connectivity index (χ1) is 9.50. The van der Waals surface area contributed by atoms with E-state index in [1.165, 1.54) is 0 Å². The average Bonchev–Trinajstić information content (AvgIpc) is 2.81. The van der Waals surface area contributed by atoms with Gasteiger partial charge in [-0.1, -0.05) is 19.1 Å². The van der Waals surface area contributed by atoms with Gasteiger partial charge in [-0.3, -0.25) is 0 Å². The first-order valence-corrected chi connectivity index (χ1v) is 8.77. The molecule has 112 valence electrons. The molecule has 20 heavy (non-hydrogen) atoms. The molecule has 0 bridgehead atoms. The van der Waals surface area contributed by atoms with Crippen molar-refractivity contribution in [3.63, 3.8) is 0 Å². The molecule has 2 atom stereocenters. The van der Waals surface area contributed by atoms with Crippen molar-refractivity contribution in [2.45, 2.75) is 56.5 Å². The Hall–Kier alpha value is -0.910. The molecule has 0 saturated carbocycles. The fourth-order valence-electron chi connectivity index (χ4n) is 2.98. The van der Waals surface area contributed by atoms with Crippen LogP contribution in [0.15, 0.2) is 29.2 Å². The van der Waals surface area contributed by atoms with E-state index < -0.39 is 10.0 Å². The number of hydrogen-bond acceptors (Lipinski definition) is 3. The Bertz CT molecular complexity index is 539. The van der Waals surface area contributed by atoms with Crippen LogP contribution in [0.4, 0.5) is 0 Å². The summed E-state index contributed by atoms with van der Waals surface area (Å²) in [5.41, 5.74) is 6.59. The maximum Gasteiger partial charge on any atom is 0.243 e. The molecule has 2 rings (SSSR count). The zero-order valence-corrected chi connectivity index (χ0v) is 13.1. The Labute approximate surface area is 122 Å². The van der Waals surface area contributed by atoms with Crippen molar-refractivity contribution in [2.24, 2.45) is 5.73 Å². The number of nitrogens with zero attached hydrogens (tertiary/aromatic N) is 1. The fourth-order valence-corrected chi connectivity index (χ4v) is 4.93. The summed E-state index contributed by atoms with van der Waals surface area (Å²) in [5.74, 6) is 0. The van der Waals surface area contributed by atoms with Crippen LogP contribution in [-0.2, 0) is 16.4 Å². The summed E-state index contributed by atoms with van der Waals surface area (Å²) in [7, 11) is -3.38. The van der Waals surface area contributed by atoms with Gasteiger partial charge < -0.3 is 5.73 Å². The molecule has 5 heteroatoms. The maximum absolute atomic E-state index is 12.8. The van der Waals surface area contributed by atoms with E-state index in [1.807, 2.05) is 19.1 Å². The van der Waals surface area contributed by atoms with E-state index in [-0.39, 0.29) is 12.1 Å². The van der Waals surface area contributed by atoms with Gasteiger partial charge in [-0.15, -0.1) is 0 Å². The van der Waals surface area contributed by atoms with Gasteiger partial charge in [-0.2, -0.15) is 4.31 Å². The zero-order valence-electron chi connectivity index (χ0n) is 12.2. The summed E-state index contributed by atoms with van der Waals surface area (Å²) in [6.45, 7) is 4.62. The molecule has 4 nitrogen and oxygen atoms in total. The van der Waals surface area contributed by atoms with Crippen LogP contribution >= 0.6 is 0 Å². The van der Waals surface area contributed by atoms with Crippen molar-refractivity contribution in [3.8, 4) is 0 Å². The highest BCUT2D eigenvalue weighted by atomic mass is 32.2. The highest BCUT2D eigenvalue weighted by Crippen LogP contribution is 2.32. The van der Waals surface area contributed by atoms with E-state index in [4.69, 9.17) is 5.73 Å². The lowest BCUT2D eigenvalue weighted by Gasteiger charge is -2.27. The highest BCUT2D eigenvalue weighted by molar-refractivity contribution is 7.89. The summed E-state index contributed by atoms with van der Waals surface area (Å²) in [6.07, 6.45) is 3.55. The molecule has 1 aromatic carbocycles. The predicted octanol–water partition coefficient (Wildman–Crippen LogP) is 2.14. The second-order valence-corrected chi connectivity index (χ2v) is 7.35. The molecule has 2 N–H and O–H groups in total. The van der Waals surface area contributed by atoms with Gasteiger partial charge in [-0.05, 0) is 56.8 Å². The summed E-state index contributed by atoms with van der Waals surface area (Å²) in [4.78, 5) is 0.394. The van der Waals surface area contributed by atoms with Crippen molar-refractivity contribution < 1.29 is 8.42 Å². The zero-order chi connectivity index (χ0) is 14.8. The third-order valence-corrected chi connectivity index (χ3v) is 6.20. The molecule has 0 aliphatic carbocycles. The Kier molecular flexibility index (Phi) is 4.83. The predicted molar refractivity (Wildman–Crippen MR) is 81.0 cm³/mol. The maximum atomic E-state index is 12.8. The van der Waals surface area contributed by atoms with Crippen LogP contribution in [0.5, 0.6) is 0 Å². The van der Waals surface area contributed by atoms with Gasteiger partial charge in [0.15, 0.2) is 0 Å². The van der Waals surface area contributed by atoms with Crippen molar-refractivity contribution in [2.75, 3.05) is 6.54 Å². The number of rotatable bonds is 5. The molecular weight excluding hydrogens is 272 g/mol. The monoisotopic (exact) mass is 296 g/mol. The Morgan fingerprint density at radius 2 is 1.90 bits per heavy atom. The minimum atomic E-state index is -3.38. The topological polar surface area (TPSA) is 63.4 Å². The van der Waals surface area contributed by atoms with Gasteiger partial charge in [0.2, 0.25) is 10.0 Å². The van der Waals surface area contributed by atoms with Gasteiger partial charge in [0.25, 0.3) is 0 Å². The number of benzene rings is 1. The standard InChI is InChI=1S/C15H24N2O2S/c1-3-14-7-4-12(2)17(14)20(18,19)15-8-5-13(6-9-15)10-11-16/h5-6,8-9,12,14H,3-4,7,10-11,16H2,1-2H3. The third-order valence-electron chi connectivity index (χ3n) is 4.11. The molecule has 2 unspecified atom stereocenters. The van der Waals surface area contributed by atoms with Gasteiger partial charge in [0.1, 0.15) is 0 Å². The van der Waals surface area contributed by atoms with E-state index in [0.717, 1.165) is 31.2 Å². The van der Waals surface area contributed by atoms with E-state index in [0.29, 0.717) is 11.4 Å². The minimum Gasteiger partial charge on any atom is -0.330 e. The van der Waals surface area contributed by atoms with Crippen LogP contribution in [-0.4, -0.2) is 31.4 Å². The highest BCUT2D eigenvalue weighted by Gasteiger charge is 2.38. The van der Waals surface area contributed by atoms with E-state index in [2.05, 4.69) is 6.92 Å². The average molecular weight is 296 g/mol. The van der Waals surface area contributed by atoms with Crippen molar-refractivity contribution in [3.05, 3.63) is 29.8 Å². The molecule has 1 saturated heterocycles. The summed E-state index contributed by atoms with van der Waals surface area (Å²) >= 11 is 0. The lowest BCUT2D eigenvalue weighted by atomic mass is 10.2. The fraction of sp³-hybridized carbons (Fsp3) is 0.600. The first-order valence-electron chi connectivity index (χ1n) is 7.33. The molecule has 0 aromatic heterocycles. The molecule has 1 aromatic rings. The molecule has 1 fully saturated rings. The minimum absolute atomic E-state index is 0.0914. The van der Waals surface area contributed by atoms with Crippen LogP contribution in [0, 0.1) is 0 Å². The summed E-state index contributed by atoms with van der Waals surface area (Å²) in [6, 6.07) is 7.37. The van der Waals surface area contributed by atoms with E-state index in [9.17, 15) is 8.42 Å². The van der Waals surface area contributed by atoms with Gasteiger partial charge in [-0.25, -0.2) is 8.42 Å². The van der Waals surface area contributed by atoms with E-state index >= 15 is 0 Å². The molecule has 0 radical (unpaired) electrons. The second-order valence-electron chi connectivity index (χ2n) is 5.51. The summed E-state index contributed by atoms with van der Waals surface area (Å²) in [5, 5.41) is 0. The normalized spacial score (nSPS) is 24.1. The van der Waals surface area contributed by atoms with Crippen molar-refractivity contribution in [1.29, 1.82) is 0 Å². The molecule has 0 spiro atoms. The van der Waals surface area contributed by atoms with Crippen molar-refractivity contribution in [1.82, 2.24) is 4.31 Å². The van der Waals surface area contributed by atoms with E-state index in [1.54, 1.807) is 16.4 Å².